The van der Waals surface area contributed by atoms with E-state index >= 15 is 0 Å². The van der Waals surface area contributed by atoms with Gasteiger partial charge in [0.05, 0.1) is 50.0 Å². The van der Waals surface area contributed by atoms with Gasteiger partial charge in [-0.15, -0.1) is 0 Å². The highest BCUT2D eigenvalue weighted by Gasteiger charge is 2.69. The molecular formula is C51H82O25. The Morgan fingerprint density at radius 2 is 1.12 bits per heavy atom. The molecule has 0 aromatic carbocycles. The van der Waals surface area contributed by atoms with E-state index in [9.17, 15) is 81.7 Å². The van der Waals surface area contributed by atoms with Crippen molar-refractivity contribution in [3.05, 3.63) is 24.5 Å². The lowest BCUT2D eigenvalue weighted by atomic mass is 9.40. The van der Waals surface area contributed by atoms with Crippen LogP contribution in [0.3, 0.4) is 0 Å². The van der Waals surface area contributed by atoms with Gasteiger partial charge in [0, 0.05) is 17.9 Å². The Bertz CT molecular complexity index is 2020. The lowest BCUT2D eigenvalue weighted by molar-refractivity contribution is -0.384. The molecule has 25 heteroatoms. The summed E-state index contributed by atoms with van der Waals surface area (Å²) in [5, 5.41) is 171. The summed E-state index contributed by atoms with van der Waals surface area (Å²) < 4.78 is 55.4. The molecule has 4 aliphatic heterocycles. The molecule has 25 nitrogen and oxygen atoms in total. The molecule has 1 spiro atoms. The maximum atomic E-state index is 11.7. The van der Waals surface area contributed by atoms with Crippen LogP contribution in [0.5, 0.6) is 0 Å². The van der Waals surface area contributed by atoms with Crippen molar-refractivity contribution >= 4 is 0 Å². The zero-order valence-corrected chi connectivity index (χ0v) is 42.9. The first-order valence-corrected chi connectivity index (χ1v) is 26.8. The van der Waals surface area contributed by atoms with Gasteiger partial charge in [0.15, 0.2) is 25.0 Å². The van der Waals surface area contributed by atoms with Crippen molar-refractivity contribution in [3.8, 4) is 0 Å². The van der Waals surface area contributed by atoms with Gasteiger partial charge in [0.25, 0.3) is 0 Å². The second-order valence-corrected chi connectivity index (χ2v) is 23.8. The molecule has 30 atom stereocenters. The predicted molar refractivity (Wildman–Crippen MR) is 253 cm³/mol. The van der Waals surface area contributed by atoms with E-state index in [1.165, 1.54) is 0 Å². The predicted octanol–water partition coefficient (Wildman–Crippen LogP) is -5.00. The molecule has 5 aliphatic carbocycles. The molecule has 2 unspecified atom stereocenters. The summed E-state index contributed by atoms with van der Waals surface area (Å²) in [6, 6.07) is 0. The lowest BCUT2D eigenvalue weighted by Crippen LogP contribution is -2.66. The molecule has 9 rings (SSSR count). The van der Waals surface area contributed by atoms with Crippen molar-refractivity contribution in [1.82, 2.24) is 0 Å². The van der Waals surface area contributed by atoms with Gasteiger partial charge in [-0.1, -0.05) is 33.4 Å². The number of fused-ring (bicyclic) bond motifs is 3. The van der Waals surface area contributed by atoms with Crippen LogP contribution in [0, 0.1) is 34.0 Å². The smallest absolute Gasteiger partial charge is 0.229 e. The second kappa shape index (κ2) is 22.6. The van der Waals surface area contributed by atoms with Gasteiger partial charge in [-0.05, 0) is 86.0 Å². The van der Waals surface area contributed by atoms with Crippen LogP contribution in [-0.4, -0.2) is 261 Å². The minimum Gasteiger partial charge on any atom is -0.466 e. The molecule has 9 fully saturated rings. The van der Waals surface area contributed by atoms with Crippen LogP contribution < -0.4 is 0 Å². The molecule has 0 aromatic heterocycles. The zero-order valence-electron chi connectivity index (χ0n) is 42.9. The fourth-order valence-electron chi connectivity index (χ4n) is 15.3. The van der Waals surface area contributed by atoms with Gasteiger partial charge in [0.2, 0.25) is 6.29 Å². The third kappa shape index (κ3) is 10.0. The van der Waals surface area contributed by atoms with Crippen LogP contribution in [-0.2, 0) is 42.6 Å². The van der Waals surface area contributed by atoms with Gasteiger partial charge in [0.1, 0.15) is 97.7 Å². The minimum atomic E-state index is -1.94. The van der Waals surface area contributed by atoms with Crippen molar-refractivity contribution < 1.29 is 124 Å². The number of aliphatic hydroxyl groups is 16. The first-order chi connectivity index (χ1) is 35.9. The third-order valence-corrected chi connectivity index (χ3v) is 19.5. The average molecular weight is 1100 g/mol. The van der Waals surface area contributed by atoms with E-state index in [0.29, 0.717) is 38.5 Å². The van der Waals surface area contributed by atoms with Gasteiger partial charge in [-0.3, -0.25) is 0 Å². The molecule has 4 saturated heterocycles. The molecule has 2 bridgehead atoms. The molecule has 76 heavy (non-hydrogen) atoms. The topological polar surface area (TPSA) is 407 Å². The first-order valence-electron chi connectivity index (χ1n) is 26.8. The van der Waals surface area contributed by atoms with Crippen LogP contribution in [0.1, 0.15) is 78.1 Å². The number of rotatable bonds is 15. The largest absolute Gasteiger partial charge is 0.466 e. The molecule has 9 aliphatic rings. The van der Waals surface area contributed by atoms with Gasteiger partial charge < -0.3 is 124 Å². The molecule has 16 N–H and O–H groups in total. The highest BCUT2D eigenvalue weighted by Crippen LogP contribution is 2.74. The fraction of sp³-hybridized carbons (Fsp3) is 0.922. The van der Waals surface area contributed by atoms with Crippen LogP contribution in [0.15, 0.2) is 24.5 Å². The standard InChI is InChI=1S/C51H82O25/c1-20-13-50-10-6-28-48(3,21(2)69-47-43(75-44-38(65)31(58)23(56)18-68-44)42(34(61)27(17-55)72-47)74-46-40(67)36(63)33(60)26(16-54)71-46)8-5-9-49(28,4)29(50)7-11-51(20,19-50)76-24-12-22(14-52)30(57)37(64)41(24)73-45-39(66)35(62)32(59)25(15-53)70-45/h22-47,52-67H,1-2,5-19H2,3-4H3/t22-,23+,24-,25-,26-,27-,28-,29?,30-,31+,32-,33-,34-,35+,36+,37+,38-,39-,40-,41+,42+,43-,44+,45+,46+,47-,48+,49-,50?,51+/m1/s1. The fourth-order valence-corrected chi connectivity index (χ4v) is 15.3. The Morgan fingerprint density at radius 3 is 1.72 bits per heavy atom. The highest BCUT2D eigenvalue weighted by molar-refractivity contribution is 5.31. The summed E-state index contributed by atoms with van der Waals surface area (Å²) in [4.78, 5) is 0. The van der Waals surface area contributed by atoms with E-state index in [1.807, 2.05) is 0 Å². The summed E-state index contributed by atoms with van der Waals surface area (Å²) in [5.74, 6) is -0.499. The summed E-state index contributed by atoms with van der Waals surface area (Å²) >= 11 is 0. The van der Waals surface area contributed by atoms with E-state index < -0.39 is 191 Å². The van der Waals surface area contributed by atoms with Gasteiger partial charge >= 0.3 is 0 Å². The molecule has 0 amide bonds. The first kappa shape index (κ1) is 59.0. The van der Waals surface area contributed by atoms with Crippen LogP contribution in [0.25, 0.3) is 0 Å². The van der Waals surface area contributed by atoms with E-state index in [0.717, 1.165) is 24.8 Å². The SMILES string of the molecule is C=C1CC23CC[C@@H]4[C@](C)(C(=C)O[C@@H]5O[C@H](CO)[C@@H](O)[C@H](O[C@@H]6O[C@H](CO)[C@@H](O)[C@H](O)[C@H]6O)[C@H]5O[C@@H]5OC[C@H](O)[C@H](O)[C@H]5O)CCC[C@@]4(C)C2CC[C@]1(O[C@@H]1C[C@H](CO)[C@@H](O)[C@H](O)[C@H]1O[C@@H]1O[C@H](CO)[C@@H](O)[C@H](O)[C@H]1O)C3. The van der Waals surface area contributed by atoms with Crippen molar-refractivity contribution in [1.29, 1.82) is 0 Å². The maximum absolute atomic E-state index is 11.7. The molecular weight excluding hydrogens is 1010 g/mol. The number of hydrogen-bond acceptors (Lipinski definition) is 25. The Balaban J connectivity index is 0.956. The Morgan fingerprint density at radius 1 is 0.566 bits per heavy atom. The lowest BCUT2D eigenvalue weighted by Gasteiger charge is -2.65. The highest BCUT2D eigenvalue weighted by atomic mass is 16.8. The van der Waals surface area contributed by atoms with E-state index in [-0.39, 0.29) is 34.8 Å². The van der Waals surface area contributed by atoms with Gasteiger partial charge in [-0.25, -0.2) is 0 Å². The summed E-state index contributed by atoms with van der Waals surface area (Å²) in [6.45, 7) is 10.1. The molecule has 436 valence electrons. The van der Waals surface area contributed by atoms with Crippen molar-refractivity contribution in [2.24, 2.45) is 34.0 Å². The van der Waals surface area contributed by atoms with E-state index in [4.69, 9.17) is 42.6 Å². The number of allylic oxidation sites excluding steroid dienone is 1. The zero-order chi connectivity index (χ0) is 55.1. The summed E-state index contributed by atoms with van der Waals surface area (Å²) in [5.41, 5.74) is -1.49. The van der Waals surface area contributed by atoms with E-state index in [1.54, 1.807) is 0 Å². The Hall–Kier alpha value is -1.68. The number of ether oxygens (including phenoxy) is 9. The number of aliphatic hydroxyl groups excluding tert-OH is 16. The summed E-state index contributed by atoms with van der Waals surface area (Å²) in [6.07, 6.45) is -31.3. The summed E-state index contributed by atoms with van der Waals surface area (Å²) in [7, 11) is 0. The molecule has 0 radical (unpaired) electrons. The molecule has 0 aromatic rings. The minimum absolute atomic E-state index is 0.0388. The molecule has 4 heterocycles. The van der Waals surface area contributed by atoms with Crippen LogP contribution in [0.2, 0.25) is 0 Å². The molecule has 5 saturated carbocycles. The monoisotopic (exact) mass is 1090 g/mol. The van der Waals surface area contributed by atoms with E-state index in [2.05, 4.69) is 27.0 Å². The number of hydrogen-bond donors (Lipinski definition) is 16. The average Bonchev–Trinajstić information content (AvgIpc) is 3.71. The van der Waals surface area contributed by atoms with Crippen molar-refractivity contribution in [2.75, 3.05) is 33.0 Å². The third-order valence-electron chi connectivity index (χ3n) is 19.5. The van der Waals surface area contributed by atoms with Gasteiger partial charge in [-0.2, -0.15) is 0 Å². The quantitative estimate of drug-likeness (QED) is 0.0539. The Kier molecular flexibility index (Phi) is 17.5. The van der Waals surface area contributed by atoms with Crippen LogP contribution >= 0.6 is 0 Å². The normalized spacial score (nSPS) is 54.6. The maximum Gasteiger partial charge on any atom is 0.229 e. The Labute approximate surface area is 439 Å². The van der Waals surface area contributed by atoms with Crippen molar-refractivity contribution in [2.45, 2.75) is 225 Å². The van der Waals surface area contributed by atoms with Crippen molar-refractivity contribution in [3.63, 3.8) is 0 Å². The second-order valence-electron chi connectivity index (χ2n) is 23.8. The van der Waals surface area contributed by atoms with Crippen LogP contribution in [0.4, 0.5) is 0 Å².